The highest BCUT2D eigenvalue weighted by molar-refractivity contribution is 5.99. The third-order valence-corrected chi connectivity index (χ3v) is 1.77. The van der Waals surface area contributed by atoms with Gasteiger partial charge in [0.25, 0.3) is 0 Å². The summed E-state index contributed by atoms with van der Waals surface area (Å²) in [4.78, 5) is 10.9. The Balaban J connectivity index is 2.40. The number of rotatable bonds is 1. The lowest BCUT2D eigenvalue weighted by Crippen LogP contribution is -2.39. The van der Waals surface area contributed by atoms with Gasteiger partial charge in [-0.3, -0.25) is 4.79 Å². The quantitative estimate of drug-likeness (QED) is 0.417. The smallest absolute Gasteiger partial charge is 0.222 e. The molecule has 0 saturated carbocycles. The third-order valence-electron chi connectivity index (χ3n) is 1.77. The van der Waals surface area contributed by atoms with Gasteiger partial charge in [-0.15, -0.1) is 6.42 Å². The van der Waals surface area contributed by atoms with Crippen LogP contribution in [0.4, 0.5) is 0 Å². The van der Waals surface area contributed by atoms with Gasteiger partial charge < -0.3 is 5.32 Å². The van der Waals surface area contributed by atoms with Gasteiger partial charge in [-0.25, -0.2) is 0 Å². The van der Waals surface area contributed by atoms with E-state index in [2.05, 4.69) is 11.2 Å². The van der Waals surface area contributed by atoms with Crippen molar-refractivity contribution >= 4 is 5.78 Å². The summed E-state index contributed by atoms with van der Waals surface area (Å²) < 4.78 is 0. The molecule has 0 unspecified atom stereocenters. The van der Waals surface area contributed by atoms with Crippen LogP contribution in [0.15, 0.2) is 0 Å². The maximum Gasteiger partial charge on any atom is 0.222 e. The molecule has 0 amide bonds. The normalized spacial score (nSPS) is 25.3. The van der Waals surface area contributed by atoms with E-state index < -0.39 is 0 Å². The van der Waals surface area contributed by atoms with Gasteiger partial charge in [0.1, 0.15) is 0 Å². The lowest BCUT2D eigenvalue weighted by atomic mass is 10.0. The minimum absolute atomic E-state index is 0.0567. The minimum Gasteiger partial charge on any atom is -0.307 e. The highest BCUT2D eigenvalue weighted by Crippen LogP contribution is 2.06. The predicted octanol–water partition coefficient (Wildman–Crippen LogP) is 0.331. The van der Waals surface area contributed by atoms with E-state index in [9.17, 15) is 4.79 Å². The molecule has 0 aromatic rings. The van der Waals surface area contributed by atoms with E-state index in [4.69, 9.17) is 6.42 Å². The molecule has 0 bridgehead atoms. The number of carbonyl (C=O) groups is 1. The number of carbonyl (C=O) groups excluding carboxylic acids is 1. The molecule has 1 atom stereocenters. The fourth-order valence-electron chi connectivity index (χ4n) is 1.18. The zero-order chi connectivity index (χ0) is 7.40. The predicted molar refractivity (Wildman–Crippen MR) is 39.5 cm³/mol. The van der Waals surface area contributed by atoms with Crippen molar-refractivity contribution < 1.29 is 4.79 Å². The molecule has 0 aromatic heterocycles. The van der Waals surface area contributed by atoms with E-state index in [0.29, 0.717) is 0 Å². The second-order valence-corrected chi connectivity index (χ2v) is 2.51. The molecular weight excluding hydrogens is 126 g/mol. The number of hydrogen-bond donors (Lipinski definition) is 1. The molecule has 1 saturated heterocycles. The Kier molecular flexibility index (Phi) is 2.47. The number of Topliss-reactive ketones (excluding diaryl/α,β-unsaturated/α-hetero) is 1. The topological polar surface area (TPSA) is 29.1 Å². The van der Waals surface area contributed by atoms with Crippen molar-refractivity contribution in [1.29, 1.82) is 0 Å². The van der Waals surface area contributed by atoms with Gasteiger partial charge >= 0.3 is 0 Å². The van der Waals surface area contributed by atoms with Crippen molar-refractivity contribution in [3.8, 4) is 12.3 Å². The number of piperidine rings is 1. The van der Waals surface area contributed by atoms with Crippen molar-refractivity contribution in [2.75, 3.05) is 6.54 Å². The Hall–Kier alpha value is -0.810. The van der Waals surface area contributed by atoms with Gasteiger partial charge in [-0.05, 0) is 25.3 Å². The molecule has 1 aliphatic heterocycles. The maximum atomic E-state index is 10.9. The Morgan fingerprint density at radius 2 is 2.40 bits per heavy atom. The van der Waals surface area contributed by atoms with Gasteiger partial charge in [0, 0.05) is 0 Å². The van der Waals surface area contributed by atoms with Crippen LogP contribution in [0.1, 0.15) is 19.3 Å². The standard InChI is InChI=1S/C8H11NO/c1-2-8(10)7-5-3-4-6-9-7/h1,7,9H,3-6H2/t7-/m1/s1. The summed E-state index contributed by atoms with van der Waals surface area (Å²) in [6.45, 7) is 0.929. The van der Waals surface area contributed by atoms with Crippen molar-refractivity contribution in [2.45, 2.75) is 25.3 Å². The molecular formula is C8H11NO. The summed E-state index contributed by atoms with van der Waals surface area (Å²) in [5.41, 5.74) is 0. The molecule has 0 aliphatic carbocycles. The largest absolute Gasteiger partial charge is 0.307 e. The Bertz CT molecular complexity index is 163. The average Bonchev–Trinajstić information content (AvgIpc) is 2.05. The summed E-state index contributed by atoms with van der Waals surface area (Å²) in [5, 5.41) is 3.08. The van der Waals surface area contributed by atoms with Crippen LogP contribution in [-0.2, 0) is 4.79 Å². The van der Waals surface area contributed by atoms with Gasteiger partial charge in [0.2, 0.25) is 5.78 Å². The lowest BCUT2D eigenvalue weighted by molar-refractivity contribution is -0.116. The summed E-state index contributed by atoms with van der Waals surface area (Å²) in [6.07, 6.45) is 8.15. The van der Waals surface area contributed by atoms with Crippen LogP contribution in [0.2, 0.25) is 0 Å². The van der Waals surface area contributed by atoms with E-state index in [1.54, 1.807) is 0 Å². The van der Waals surface area contributed by atoms with Crippen LogP contribution in [0.3, 0.4) is 0 Å². The highest BCUT2D eigenvalue weighted by atomic mass is 16.1. The van der Waals surface area contributed by atoms with Crippen molar-refractivity contribution in [3.63, 3.8) is 0 Å². The maximum absolute atomic E-state index is 10.9. The molecule has 54 valence electrons. The van der Waals surface area contributed by atoms with Crippen LogP contribution in [-0.4, -0.2) is 18.4 Å². The average molecular weight is 137 g/mol. The monoisotopic (exact) mass is 137 g/mol. The highest BCUT2D eigenvalue weighted by Gasteiger charge is 2.17. The minimum atomic E-state index is -0.0975. The van der Waals surface area contributed by atoms with E-state index in [0.717, 1.165) is 25.8 Å². The van der Waals surface area contributed by atoms with Crippen LogP contribution in [0, 0.1) is 12.3 Å². The van der Waals surface area contributed by atoms with Crippen LogP contribution < -0.4 is 5.32 Å². The number of ketones is 1. The van der Waals surface area contributed by atoms with E-state index in [1.165, 1.54) is 0 Å². The summed E-state index contributed by atoms with van der Waals surface area (Å²) >= 11 is 0. The first-order valence-corrected chi connectivity index (χ1v) is 3.58. The molecule has 1 aliphatic rings. The summed E-state index contributed by atoms with van der Waals surface area (Å²) in [7, 11) is 0. The van der Waals surface area contributed by atoms with Crippen LogP contribution >= 0.6 is 0 Å². The molecule has 0 radical (unpaired) electrons. The van der Waals surface area contributed by atoms with E-state index in [1.807, 2.05) is 0 Å². The fraction of sp³-hybridized carbons (Fsp3) is 0.625. The third kappa shape index (κ3) is 1.58. The van der Waals surface area contributed by atoms with E-state index in [-0.39, 0.29) is 11.8 Å². The molecule has 1 N–H and O–H groups in total. The van der Waals surface area contributed by atoms with Crippen molar-refractivity contribution in [3.05, 3.63) is 0 Å². The van der Waals surface area contributed by atoms with Gasteiger partial charge in [0.15, 0.2) is 0 Å². The molecule has 1 rings (SSSR count). The molecule has 10 heavy (non-hydrogen) atoms. The second-order valence-electron chi connectivity index (χ2n) is 2.51. The molecule has 1 fully saturated rings. The van der Waals surface area contributed by atoms with Gasteiger partial charge in [-0.1, -0.05) is 6.42 Å². The first kappa shape index (κ1) is 7.30. The number of hydrogen-bond acceptors (Lipinski definition) is 2. The number of terminal acetylenes is 1. The Morgan fingerprint density at radius 3 is 2.90 bits per heavy atom. The molecule has 0 spiro atoms. The van der Waals surface area contributed by atoms with E-state index >= 15 is 0 Å². The second kappa shape index (κ2) is 3.38. The first-order chi connectivity index (χ1) is 4.84. The Morgan fingerprint density at radius 1 is 1.60 bits per heavy atom. The zero-order valence-corrected chi connectivity index (χ0v) is 5.89. The van der Waals surface area contributed by atoms with Crippen molar-refractivity contribution in [1.82, 2.24) is 5.32 Å². The molecule has 1 heterocycles. The summed E-state index contributed by atoms with van der Waals surface area (Å²) in [5.74, 6) is 2.04. The van der Waals surface area contributed by atoms with Gasteiger partial charge in [0.05, 0.1) is 6.04 Å². The lowest BCUT2D eigenvalue weighted by Gasteiger charge is -2.19. The molecule has 2 heteroatoms. The molecule has 2 nitrogen and oxygen atoms in total. The SMILES string of the molecule is C#CC(=O)[C@H]1CCCCN1. The van der Waals surface area contributed by atoms with Crippen LogP contribution in [0.5, 0.6) is 0 Å². The summed E-state index contributed by atoms with van der Waals surface area (Å²) in [6, 6.07) is -0.0567. The molecule has 0 aromatic carbocycles. The van der Waals surface area contributed by atoms with Crippen molar-refractivity contribution in [2.24, 2.45) is 0 Å². The Labute approximate surface area is 61.0 Å². The number of nitrogens with one attached hydrogen (secondary N) is 1. The fourth-order valence-corrected chi connectivity index (χ4v) is 1.18. The zero-order valence-electron chi connectivity index (χ0n) is 5.89. The van der Waals surface area contributed by atoms with Gasteiger partial charge in [-0.2, -0.15) is 0 Å². The van der Waals surface area contributed by atoms with Crippen LogP contribution in [0.25, 0.3) is 0 Å². The first-order valence-electron chi connectivity index (χ1n) is 3.58.